The van der Waals surface area contributed by atoms with E-state index in [1.54, 1.807) is 24.8 Å². The molecule has 6 heteroatoms. The number of aliphatic imine (C=N–C) groups is 1. The summed E-state index contributed by atoms with van der Waals surface area (Å²) in [5.74, 6) is 0. The third-order valence-electron chi connectivity index (χ3n) is 1.25. The van der Waals surface area contributed by atoms with Gasteiger partial charge in [-0.3, -0.25) is 4.99 Å². The van der Waals surface area contributed by atoms with Gasteiger partial charge < -0.3 is 9.61 Å². The summed E-state index contributed by atoms with van der Waals surface area (Å²) in [5.41, 5.74) is -1.95. The first kappa shape index (κ1) is 14.4. The van der Waals surface area contributed by atoms with Gasteiger partial charge in [0.05, 0.1) is 6.34 Å². The fraction of sp³-hybridized carbons (Fsp3) is 0.875. The molecule has 0 fully saturated rings. The molecule has 0 saturated carbocycles. The minimum absolute atomic E-state index is 0.466. The van der Waals surface area contributed by atoms with Gasteiger partial charge in [0, 0.05) is 18.9 Å². The van der Waals surface area contributed by atoms with Crippen LogP contribution in [0, 0.1) is 0 Å². The van der Waals surface area contributed by atoms with Crippen LogP contribution in [0.4, 0.5) is 0 Å². The Balaban J connectivity index is 4.06. The Morgan fingerprint density at radius 1 is 1.64 bits per heavy atom. The molecule has 1 N–H and O–H groups in total. The van der Waals surface area contributed by atoms with Gasteiger partial charge in [-0.25, -0.2) is 0 Å². The molecule has 0 amide bonds. The van der Waals surface area contributed by atoms with Crippen LogP contribution >= 0.6 is 17.0 Å². The maximum Gasteiger partial charge on any atom is 0.211 e. The van der Waals surface area contributed by atoms with Gasteiger partial charge in [0.25, 0.3) is 0 Å². The van der Waals surface area contributed by atoms with Crippen LogP contribution < -0.4 is 5.09 Å². The fourth-order valence-electron chi connectivity index (χ4n) is 0.709. The van der Waals surface area contributed by atoms with Crippen molar-refractivity contribution in [2.45, 2.75) is 32.4 Å². The van der Waals surface area contributed by atoms with Crippen LogP contribution in [-0.2, 0) is 16.3 Å². The molecule has 0 aliphatic carbocycles. The van der Waals surface area contributed by atoms with Gasteiger partial charge >= 0.3 is 0 Å². The minimum Gasteiger partial charge on any atom is -0.330 e. The smallest absolute Gasteiger partial charge is 0.211 e. The van der Waals surface area contributed by atoms with Gasteiger partial charge in [-0.15, -0.1) is 0 Å². The fourth-order valence-corrected chi connectivity index (χ4v) is 5.68. The molecule has 1 unspecified atom stereocenters. The second kappa shape index (κ2) is 7.69. The minimum atomic E-state index is -1.95. The molecule has 0 rings (SSSR count). The van der Waals surface area contributed by atoms with E-state index >= 15 is 0 Å². The lowest BCUT2D eigenvalue weighted by molar-refractivity contribution is 0.467. The van der Waals surface area contributed by atoms with Gasteiger partial charge in [0.1, 0.15) is 0 Å². The predicted octanol–water partition coefficient (Wildman–Crippen LogP) is 3.03. The van der Waals surface area contributed by atoms with E-state index in [4.69, 9.17) is 16.3 Å². The van der Waals surface area contributed by atoms with Crippen LogP contribution in [-0.4, -0.2) is 25.2 Å². The SMILES string of the molecule is CCCN=CNP(=S)(OC)SC(C)C. The van der Waals surface area contributed by atoms with E-state index in [-0.39, 0.29) is 0 Å². The Labute approximate surface area is 96.0 Å². The van der Waals surface area contributed by atoms with Gasteiger partial charge in [-0.1, -0.05) is 32.2 Å². The Bertz CT molecular complexity index is 221. The van der Waals surface area contributed by atoms with Crippen LogP contribution in [0.2, 0.25) is 0 Å². The van der Waals surface area contributed by atoms with Crippen molar-refractivity contribution in [2.75, 3.05) is 13.7 Å². The van der Waals surface area contributed by atoms with Gasteiger partial charge in [0.2, 0.25) is 5.62 Å². The monoisotopic (exact) mass is 254 g/mol. The molecule has 0 bridgehead atoms. The zero-order valence-corrected chi connectivity index (χ0v) is 11.7. The number of nitrogens with one attached hydrogen (secondary N) is 1. The van der Waals surface area contributed by atoms with Gasteiger partial charge in [-0.2, -0.15) is 0 Å². The zero-order valence-electron chi connectivity index (χ0n) is 9.19. The molecule has 0 aromatic carbocycles. The molecular weight excluding hydrogens is 235 g/mol. The summed E-state index contributed by atoms with van der Waals surface area (Å²) in [6, 6.07) is 0. The lowest BCUT2D eigenvalue weighted by atomic mass is 10.5. The molecule has 0 radical (unpaired) electrons. The van der Waals surface area contributed by atoms with Crippen molar-refractivity contribution in [1.82, 2.24) is 5.09 Å². The largest absolute Gasteiger partial charge is 0.330 e. The molecule has 0 aromatic rings. The van der Waals surface area contributed by atoms with E-state index in [0.717, 1.165) is 13.0 Å². The second-order valence-corrected chi connectivity index (χ2v) is 10.2. The second-order valence-electron chi connectivity index (χ2n) is 3.00. The molecule has 1 atom stereocenters. The Kier molecular flexibility index (Phi) is 7.92. The average molecular weight is 254 g/mol. The summed E-state index contributed by atoms with van der Waals surface area (Å²) in [5, 5.41) is 3.55. The van der Waals surface area contributed by atoms with E-state index in [2.05, 4.69) is 30.9 Å². The van der Waals surface area contributed by atoms with Crippen LogP contribution in [0.15, 0.2) is 4.99 Å². The summed E-state index contributed by atoms with van der Waals surface area (Å²) in [6.07, 6.45) is 2.73. The number of hydrogen-bond acceptors (Lipinski definition) is 4. The first-order chi connectivity index (χ1) is 6.54. The number of rotatable bonds is 7. The van der Waals surface area contributed by atoms with E-state index in [9.17, 15) is 0 Å². The summed E-state index contributed by atoms with van der Waals surface area (Å²) in [7, 11) is 1.65. The van der Waals surface area contributed by atoms with E-state index in [1.165, 1.54) is 0 Å². The van der Waals surface area contributed by atoms with Crippen molar-refractivity contribution in [3.05, 3.63) is 0 Å². The first-order valence-corrected chi connectivity index (χ1v) is 8.85. The van der Waals surface area contributed by atoms with E-state index in [1.807, 2.05) is 0 Å². The van der Waals surface area contributed by atoms with Crippen molar-refractivity contribution in [2.24, 2.45) is 4.99 Å². The standard InChI is InChI=1S/C8H19N2OPS2/c1-5-6-9-7-10-12(13,11-4)14-8(2)3/h7-8H,5-6H2,1-4H3,(H,9,10,13). The maximum atomic E-state index is 5.38. The molecule has 0 spiro atoms. The third-order valence-corrected chi connectivity index (χ3v) is 7.26. The zero-order chi connectivity index (χ0) is 11.0. The highest BCUT2D eigenvalue weighted by molar-refractivity contribution is 8.69. The summed E-state index contributed by atoms with van der Waals surface area (Å²) < 4.78 is 5.32. The lowest BCUT2D eigenvalue weighted by Crippen LogP contribution is -2.08. The van der Waals surface area contributed by atoms with Crippen molar-refractivity contribution < 1.29 is 4.52 Å². The molecule has 0 aliphatic heterocycles. The summed E-state index contributed by atoms with van der Waals surface area (Å²) in [4.78, 5) is 4.16. The highest BCUT2D eigenvalue weighted by Crippen LogP contribution is 2.56. The van der Waals surface area contributed by atoms with Gasteiger partial charge in [-0.05, 0) is 18.2 Å². The molecular formula is C8H19N2OPS2. The van der Waals surface area contributed by atoms with Crippen molar-refractivity contribution in [1.29, 1.82) is 0 Å². The Hall–Kier alpha value is 0.430. The molecule has 0 heterocycles. The molecule has 0 aromatic heterocycles. The van der Waals surface area contributed by atoms with Crippen molar-refractivity contribution in [3.63, 3.8) is 0 Å². The number of hydrogen-bond donors (Lipinski definition) is 1. The Morgan fingerprint density at radius 2 is 2.29 bits per heavy atom. The highest BCUT2D eigenvalue weighted by atomic mass is 32.9. The van der Waals surface area contributed by atoms with Crippen LogP contribution in [0.25, 0.3) is 0 Å². The normalized spacial score (nSPS) is 16.1. The van der Waals surface area contributed by atoms with Crippen LogP contribution in [0.5, 0.6) is 0 Å². The topological polar surface area (TPSA) is 33.6 Å². The molecule has 0 aliphatic rings. The predicted molar refractivity (Wildman–Crippen MR) is 70.8 cm³/mol. The number of nitrogens with zero attached hydrogens (tertiary/aromatic N) is 1. The van der Waals surface area contributed by atoms with Crippen LogP contribution in [0.1, 0.15) is 27.2 Å². The molecule has 0 saturated heterocycles. The Morgan fingerprint density at radius 3 is 2.71 bits per heavy atom. The molecule has 14 heavy (non-hydrogen) atoms. The highest BCUT2D eigenvalue weighted by Gasteiger charge is 2.16. The summed E-state index contributed by atoms with van der Waals surface area (Å²) >= 11 is 7.04. The van der Waals surface area contributed by atoms with Crippen molar-refractivity contribution in [3.8, 4) is 0 Å². The average Bonchev–Trinajstić information content (AvgIpc) is 2.11. The first-order valence-electron chi connectivity index (χ1n) is 4.64. The summed E-state index contributed by atoms with van der Waals surface area (Å²) in [6.45, 7) is 7.14. The third kappa shape index (κ3) is 6.82. The molecule has 84 valence electrons. The van der Waals surface area contributed by atoms with E-state index in [0.29, 0.717) is 5.25 Å². The lowest BCUT2D eigenvalue weighted by Gasteiger charge is -2.20. The quantitative estimate of drug-likeness (QED) is 0.430. The van der Waals surface area contributed by atoms with Gasteiger partial charge in [0.15, 0.2) is 0 Å². The molecule has 3 nitrogen and oxygen atoms in total. The van der Waals surface area contributed by atoms with Crippen LogP contribution in [0.3, 0.4) is 0 Å². The van der Waals surface area contributed by atoms with Crippen molar-refractivity contribution >= 4 is 35.1 Å². The maximum absolute atomic E-state index is 5.38. The van der Waals surface area contributed by atoms with E-state index < -0.39 is 5.62 Å².